The Hall–Kier alpha value is -2.30. The fourth-order valence-corrected chi connectivity index (χ4v) is 3.41. The Morgan fingerprint density at radius 3 is 2.67 bits per heavy atom. The number of carbonyl (C=O) groups is 2. The van der Waals surface area contributed by atoms with Crippen LogP contribution in [0.1, 0.15) is 51.0 Å². The first-order valence-corrected chi connectivity index (χ1v) is 9.92. The Kier molecular flexibility index (Phi) is 8.89. The maximum absolute atomic E-state index is 12.1. The molecule has 0 saturated carbocycles. The maximum Gasteiger partial charge on any atom is 0.221 e. The minimum Gasteiger partial charge on any atom is -0.496 e. The van der Waals surface area contributed by atoms with Gasteiger partial charge in [0.1, 0.15) is 5.75 Å². The molecule has 27 heavy (non-hydrogen) atoms. The number of nitrogens with one attached hydrogen (secondary N) is 1. The monoisotopic (exact) mass is 372 g/mol. The molecule has 5 heteroatoms. The molecule has 5 nitrogen and oxygen atoms in total. The van der Waals surface area contributed by atoms with Gasteiger partial charge in [0, 0.05) is 33.0 Å². The normalized spacial score (nSPS) is 13.6. The second kappa shape index (κ2) is 11.4. The predicted molar refractivity (Wildman–Crippen MR) is 108 cm³/mol. The van der Waals surface area contributed by atoms with Crippen molar-refractivity contribution in [3.8, 4) is 5.75 Å². The highest BCUT2D eigenvalue weighted by molar-refractivity contribution is 5.78. The molecule has 0 atom stereocenters. The molecule has 0 saturated heterocycles. The number of carbonyl (C=O) groups excluding carboxylic acids is 2. The number of para-hydroxylation sites is 1. The summed E-state index contributed by atoms with van der Waals surface area (Å²) < 4.78 is 5.32. The van der Waals surface area contributed by atoms with Crippen molar-refractivity contribution >= 4 is 11.8 Å². The SMILES string of the molecule is COc1ccccc1CCNC(=O)CCN(CCC1=CCCCC1)C(C)=O. The average Bonchev–Trinajstić information content (AvgIpc) is 2.68. The quantitative estimate of drug-likeness (QED) is 0.640. The largest absolute Gasteiger partial charge is 0.496 e. The first-order valence-electron chi connectivity index (χ1n) is 9.92. The van der Waals surface area contributed by atoms with E-state index in [4.69, 9.17) is 4.74 Å². The van der Waals surface area contributed by atoms with Crippen LogP contribution in [0.2, 0.25) is 0 Å². The van der Waals surface area contributed by atoms with Crippen LogP contribution in [0, 0.1) is 0 Å². The van der Waals surface area contributed by atoms with Crippen molar-refractivity contribution in [1.82, 2.24) is 10.2 Å². The molecule has 2 amide bonds. The molecule has 0 heterocycles. The summed E-state index contributed by atoms with van der Waals surface area (Å²) in [4.78, 5) is 25.8. The first kappa shape index (κ1) is 21.0. The van der Waals surface area contributed by atoms with Gasteiger partial charge in [-0.3, -0.25) is 9.59 Å². The molecule has 0 aliphatic heterocycles. The number of ether oxygens (including phenoxy) is 1. The zero-order valence-corrected chi connectivity index (χ0v) is 16.6. The third-order valence-corrected chi connectivity index (χ3v) is 5.05. The summed E-state index contributed by atoms with van der Waals surface area (Å²) >= 11 is 0. The van der Waals surface area contributed by atoms with Crippen LogP contribution < -0.4 is 10.1 Å². The van der Waals surface area contributed by atoms with Crippen molar-refractivity contribution < 1.29 is 14.3 Å². The Bertz CT molecular complexity index is 655. The fourth-order valence-electron chi connectivity index (χ4n) is 3.41. The number of hydrogen-bond acceptors (Lipinski definition) is 3. The van der Waals surface area contributed by atoms with Gasteiger partial charge in [-0.1, -0.05) is 29.8 Å². The van der Waals surface area contributed by atoms with Crippen molar-refractivity contribution in [2.24, 2.45) is 0 Å². The van der Waals surface area contributed by atoms with Gasteiger partial charge in [-0.05, 0) is 50.2 Å². The highest BCUT2D eigenvalue weighted by Crippen LogP contribution is 2.20. The van der Waals surface area contributed by atoms with Crippen LogP contribution in [0.5, 0.6) is 5.75 Å². The van der Waals surface area contributed by atoms with E-state index in [0.717, 1.165) is 37.0 Å². The molecule has 1 aromatic rings. The molecule has 2 rings (SSSR count). The van der Waals surface area contributed by atoms with Crippen molar-refractivity contribution in [2.45, 2.75) is 51.9 Å². The van der Waals surface area contributed by atoms with Crippen molar-refractivity contribution in [1.29, 1.82) is 0 Å². The van der Waals surface area contributed by atoms with E-state index < -0.39 is 0 Å². The average molecular weight is 373 g/mol. The molecule has 0 bridgehead atoms. The highest BCUT2D eigenvalue weighted by atomic mass is 16.5. The molecule has 0 spiro atoms. The summed E-state index contributed by atoms with van der Waals surface area (Å²) in [5, 5.41) is 2.94. The maximum atomic E-state index is 12.1. The second-order valence-corrected chi connectivity index (χ2v) is 7.03. The van der Waals surface area contributed by atoms with Crippen LogP contribution in [0.3, 0.4) is 0 Å². The first-order chi connectivity index (χ1) is 13.1. The van der Waals surface area contributed by atoms with Gasteiger partial charge in [-0.15, -0.1) is 0 Å². The van der Waals surface area contributed by atoms with Gasteiger partial charge in [0.15, 0.2) is 0 Å². The topological polar surface area (TPSA) is 58.6 Å². The lowest BCUT2D eigenvalue weighted by molar-refractivity contribution is -0.129. The highest BCUT2D eigenvalue weighted by Gasteiger charge is 2.13. The molecule has 1 N–H and O–H groups in total. The van der Waals surface area contributed by atoms with Crippen LogP contribution in [0.4, 0.5) is 0 Å². The Labute approximate surface area is 162 Å². The Morgan fingerprint density at radius 1 is 1.15 bits per heavy atom. The van der Waals surface area contributed by atoms with Crippen LogP contribution in [-0.4, -0.2) is 43.5 Å². The van der Waals surface area contributed by atoms with Crippen LogP contribution >= 0.6 is 0 Å². The van der Waals surface area contributed by atoms with Crippen molar-refractivity contribution in [3.63, 3.8) is 0 Å². The third kappa shape index (κ3) is 7.45. The van der Waals surface area contributed by atoms with Crippen molar-refractivity contribution in [2.75, 3.05) is 26.7 Å². The van der Waals surface area contributed by atoms with Crippen LogP contribution in [-0.2, 0) is 16.0 Å². The molecule has 1 aliphatic rings. The van der Waals surface area contributed by atoms with E-state index in [9.17, 15) is 9.59 Å². The van der Waals surface area contributed by atoms with E-state index in [0.29, 0.717) is 26.1 Å². The zero-order chi connectivity index (χ0) is 19.5. The molecule has 0 fully saturated rings. The molecular weight excluding hydrogens is 340 g/mol. The Morgan fingerprint density at radius 2 is 1.96 bits per heavy atom. The summed E-state index contributed by atoms with van der Waals surface area (Å²) in [6, 6.07) is 7.82. The lowest BCUT2D eigenvalue weighted by Crippen LogP contribution is -2.35. The number of amides is 2. The predicted octanol–water partition coefficient (Wildman–Crippen LogP) is 3.48. The third-order valence-electron chi connectivity index (χ3n) is 5.05. The van der Waals surface area contributed by atoms with Crippen LogP contribution in [0.15, 0.2) is 35.9 Å². The van der Waals surface area contributed by atoms with Gasteiger partial charge < -0.3 is 15.0 Å². The summed E-state index contributed by atoms with van der Waals surface area (Å²) in [7, 11) is 1.65. The molecule has 1 aromatic carbocycles. The van der Waals surface area contributed by atoms with Gasteiger partial charge in [-0.25, -0.2) is 0 Å². The molecule has 1 aliphatic carbocycles. The van der Waals surface area contributed by atoms with E-state index >= 15 is 0 Å². The molecule has 0 unspecified atom stereocenters. The summed E-state index contributed by atoms with van der Waals surface area (Å²) in [5.74, 6) is 0.854. The number of hydrogen-bond donors (Lipinski definition) is 1. The number of methoxy groups -OCH3 is 1. The minimum absolute atomic E-state index is 0.0203. The molecular formula is C22H32N2O3. The van der Waals surface area contributed by atoms with E-state index in [-0.39, 0.29) is 11.8 Å². The second-order valence-electron chi connectivity index (χ2n) is 7.03. The van der Waals surface area contributed by atoms with E-state index in [1.165, 1.54) is 18.4 Å². The Balaban J connectivity index is 1.70. The lowest BCUT2D eigenvalue weighted by atomic mass is 9.97. The van der Waals surface area contributed by atoms with E-state index in [2.05, 4.69) is 11.4 Å². The molecule has 148 valence electrons. The van der Waals surface area contributed by atoms with Gasteiger partial charge >= 0.3 is 0 Å². The van der Waals surface area contributed by atoms with Gasteiger partial charge in [0.25, 0.3) is 0 Å². The molecule has 0 aromatic heterocycles. The van der Waals surface area contributed by atoms with E-state index in [1.807, 2.05) is 24.3 Å². The standard InChI is InChI=1S/C22H32N2O3/c1-18(25)24(16-13-19-8-4-3-5-9-19)17-14-22(26)23-15-12-20-10-6-7-11-21(20)27-2/h6-8,10-11H,3-5,9,12-17H2,1-2H3,(H,23,26). The van der Waals surface area contributed by atoms with Crippen molar-refractivity contribution in [3.05, 3.63) is 41.5 Å². The molecule has 0 radical (unpaired) electrons. The van der Waals surface area contributed by atoms with Gasteiger partial charge in [0.2, 0.25) is 11.8 Å². The van der Waals surface area contributed by atoms with Crippen LogP contribution in [0.25, 0.3) is 0 Å². The van der Waals surface area contributed by atoms with Gasteiger partial charge in [0.05, 0.1) is 7.11 Å². The van der Waals surface area contributed by atoms with E-state index in [1.54, 1.807) is 18.9 Å². The summed E-state index contributed by atoms with van der Waals surface area (Å²) in [5.41, 5.74) is 2.53. The number of rotatable bonds is 10. The summed E-state index contributed by atoms with van der Waals surface area (Å²) in [6.45, 7) is 3.32. The number of nitrogens with zero attached hydrogens (tertiary/aromatic N) is 1. The zero-order valence-electron chi connectivity index (χ0n) is 16.6. The fraction of sp³-hybridized carbons (Fsp3) is 0.545. The minimum atomic E-state index is -0.0203. The lowest BCUT2D eigenvalue weighted by Gasteiger charge is -2.22. The smallest absolute Gasteiger partial charge is 0.221 e. The number of allylic oxidation sites excluding steroid dienone is 1. The van der Waals surface area contributed by atoms with Gasteiger partial charge in [-0.2, -0.15) is 0 Å². The number of benzene rings is 1. The summed E-state index contributed by atoms with van der Waals surface area (Å²) in [6.07, 6.45) is 9.13.